The van der Waals surface area contributed by atoms with Crippen LogP contribution in [0.1, 0.15) is 18.9 Å². The monoisotopic (exact) mass is 215 g/mol. The molecule has 1 heterocycles. The Hall–Kier alpha value is 0.297. The molecule has 0 bridgehead atoms. The predicted molar refractivity (Wildman–Crippen MR) is 53.5 cm³/mol. The van der Waals surface area contributed by atoms with E-state index >= 15 is 0 Å². The Morgan fingerprint density at radius 1 is 1.62 bits per heavy atom. The average Bonchev–Trinajstić information content (AvgIpc) is 2.30. The van der Waals surface area contributed by atoms with Crippen LogP contribution in [-0.2, 0) is 16.7 Å². The molecule has 0 aliphatic carbocycles. The molecule has 0 saturated heterocycles. The van der Waals surface area contributed by atoms with E-state index in [2.05, 4.69) is 4.98 Å². The number of aliphatic hydroxyl groups is 1. The van der Waals surface area contributed by atoms with E-state index in [0.717, 1.165) is 11.3 Å². The summed E-state index contributed by atoms with van der Waals surface area (Å²) in [7, 11) is 0. The van der Waals surface area contributed by atoms with Gasteiger partial charge in [0.1, 0.15) is 14.8 Å². The van der Waals surface area contributed by atoms with Gasteiger partial charge in [0, 0.05) is 0 Å². The van der Waals surface area contributed by atoms with E-state index in [4.69, 9.17) is 4.55 Å². The Balaban J connectivity index is 0.00000144. The van der Waals surface area contributed by atoms with E-state index in [1.807, 2.05) is 0 Å². The van der Waals surface area contributed by atoms with E-state index in [-0.39, 0.29) is 23.1 Å². The molecule has 1 atom stereocenters. The molecule has 0 amide bonds. The van der Waals surface area contributed by atoms with Crippen molar-refractivity contribution in [2.45, 2.75) is 23.7 Å². The predicted octanol–water partition coefficient (Wildman–Crippen LogP) is 0.303. The summed E-state index contributed by atoms with van der Waals surface area (Å²) in [6, 6.07) is 0. The third kappa shape index (κ3) is 3.50. The van der Waals surface area contributed by atoms with Crippen molar-refractivity contribution in [2.75, 3.05) is 0 Å². The van der Waals surface area contributed by atoms with Crippen LogP contribution in [0.2, 0.25) is 0 Å². The maximum atomic E-state index is 10.5. The molecule has 1 aromatic heterocycles. The Labute approximate surface area is 94.9 Å². The summed E-state index contributed by atoms with van der Waals surface area (Å²) in [5.74, 6) is 0. The molecule has 0 radical (unpaired) electrons. The number of hydrogen-bond acceptors (Lipinski definition) is 4. The van der Waals surface area contributed by atoms with Gasteiger partial charge in [0.15, 0.2) is 11.1 Å². The van der Waals surface area contributed by atoms with Gasteiger partial charge < -0.3 is 9.66 Å². The molecule has 13 heavy (non-hydrogen) atoms. The van der Waals surface area contributed by atoms with Crippen molar-refractivity contribution in [3.8, 4) is 0 Å². The van der Waals surface area contributed by atoms with Gasteiger partial charge in [-0.15, -0.1) is 11.3 Å². The molecule has 4 nitrogen and oxygen atoms in total. The normalized spacial score (nSPS) is 13.5. The van der Waals surface area contributed by atoms with Crippen molar-refractivity contribution in [3.05, 3.63) is 11.2 Å². The Morgan fingerprint density at radius 2 is 2.15 bits per heavy atom. The van der Waals surface area contributed by atoms with Gasteiger partial charge in [0.05, 0.1) is 6.20 Å². The van der Waals surface area contributed by atoms with Crippen LogP contribution in [0.3, 0.4) is 0 Å². The van der Waals surface area contributed by atoms with Gasteiger partial charge in [0.25, 0.3) is 0 Å². The van der Waals surface area contributed by atoms with Crippen LogP contribution in [0.4, 0.5) is 0 Å². The minimum atomic E-state index is -2.00. The van der Waals surface area contributed by atoms with Crippen molar-refractivity contribution < 1.29 is 13.9 Å². The molecule has 1 unspecified atom stereocenters. The summed E-state index contributed by atoms with van der Waals surface area (Å²) in [6.07, 6.45) is 1.30. The van der Waals surface area contributed by atoms with Crippen LogP contribution in [0.5, 0.6) is 0 Å². The van der Waals surface area contributed by atoms with Gasteiger partial charge in [-0.1, -0.05) is 0 Å². The molecule has 1 aromatic rings. The topological polar surface area (TPSA) is 70.4 Å². The van der Waals surface area contributed by atoms with Gasteiger partial charge in [-0.05, 0) is 13.8 Å². The summed E-state index contributed by atoms with van der Waals surface area (Å²) in [6.45, 7) is 3.16. The number of thiazole rings is 1. The molecule has 1 rings (SSSR count). The van der Waals surface area contributed by atoms with Crippen LogP contribution < -0.4 is 0 Å². The fraction of sp³-hybridized carbons (Fsp3) is 0.500. The van der Waals surface area contributed by atoms with E-state index in [1.165, 1.54) is 6.20 Å². The van der Waals surface area contributed by atoms with Gasteiger partial charge >= 0.3 is 18.9 Å². The summed E-state index contributed by atoms with van der Waals surface area (Å²) >= 11 is -0.961. The third-order valence-electron chi connectivity index (χ3n) is 1.18. The maximum absolute atomic E-state index is 10.5. The average molecular weight is 215 g/mol. The molecule has 2 N–H and O–H groups in total. The molecule has 7 heteroatoms. The van der Waals surface area contributed by atoms with Gasteiger partial charge in [-0.25, -0.2) is 9.19 Å². The number of aromatic nitrogens is 1. The fourth-order valence-corrected chi connectivity index (χ4v) is 1.94. The second-order valence-corrected chi connectivity index (χ2v) is 5.02. The second kappa shape index (κ2) is 4.69. The van der Waals surface area contributed by atoms with E-state index in [1.54, 1.807) is 13.8 Å². The molecule has 0 saturated carbocycles. The van der Waals surface area contributed by atoms with Crippen LogP contribution in [0, 0.1) is 0 Å². The fourth-order valence-electron chi connectivity index (χ4n) is 0.623. The Bertz CT molecular complexity index is 307. The quantitative estimate of drug-likeness (QED) is 0.550. The first kappa shape index (κ1) is 13.3. The van der Waals surface area contributed by atoms with Crippen LogP contribution >= 0.6 is 11.3 Å². The van der Waals surface area contributed by atoms with Crippen LogP contribution in [0.15, 0.2) is 10.4 Å². The molecule has 70 valence electrons. The Morgan fingerprint density at radius 3 is 2.38 bits per heavy atom. The molecule has 0 fully saturated rings. The Kier molecular flexibility index (Phi) is 4.80. The van der Waals surface area contributed by atoms with Gasteiger partial charge in [-0.2, -0.15) is 0 Å². The zero-order valence-corrected chi connectivity index (χ0v) is 8.28. The van der Waals surface area contributed by atoms with Gasteiger partial charge in [-0.3, -0.25) is 0 Å². The van der Waals surface area contributed by atoms with Crippen molar-refractivity contribution >= 4 is 41.3 Å². The molecular weight excluding hydrogens is 205 g/mol. The first-order valence-electron chi connectivity index (χ1n) is 3.21. The van der Waals surface area contributed by atoms with E-state index < -0.39 is 16.7 Å². The number of hydrogen-bond donors (Lipinski definition) is 2. The van der Waals surface area contributed by atoms with Gasteiger partial charge in [0.2, 0.25) is 0 Å². The molecule has 0 aliphatic rings. The zero-order chi connectivity index (χ0) is 9.35. The van der Waals surface area contributed by atoms with E-state index in [9.17, 15) is 9.32 Å². The summed E-state index contributed by atoms with van der Waals surface area (Å²) in [4.78, 5) is 3.82. The summed E-state index contributed by atoms with van der Waals surface area (Å²) in [5, 5.41) is 9.90. The molecule has 0 aliphatic heterocycles. The molecule has 0 aromatic carbocycles. The second-order valence-electron chi connectivity index (χ2n) is 2.79. The van der Waals surface area contributed by atoms with Crippen molar-refractivity contribution in [2.24, 2.45) is 0 Å². The minimum absolute atomic E-state index is 0. The SMILES string of the molecule is CC(C)(O)c1ncc(S(=O)O)s1.[LiH]. The summed E-state index contributed by atoms with van der Waals surface area (Å²) < 4.78 is 19.5. The van der Waals surface area contributed by atoms with Crippen molar-refractivity contribution in [3.63, 3.8) is 0 Å². The molecule has 0 spiro atoms. The third-order valence-corrected chi connectivity index (χ3v) is 3.41. The number of rotatable bonds is 2. The standard InChI is InChI=1S/C6H9NO3S2.Li.H/c1-6(2,8)5-7-3-4(11-5)12(9)10;;/h3,8H,1-2H3,(H,9,10);;. The first-order chi connectivity index (χ1) is 5.41. The van der Waals surface area contributed by atoms with Crippen molar-refractivity contribution in [1.29, 1.82) is 0 Å². The van der Waals surface area contributed by atoms with Crippen molar-refractivity contribution in [1.82, 2.24) is 4.98 Å². The van der Waals surface area contributed by atoms with Crippen LogP contribution in [0.25, 0.3) is 0 Å². The summed E-state index contributed by atoms with van der Waals surface area (Å²) in [5.41, 5.74) is -1.04. The molecular formula is C6H10LiNO3S2. The van der Waals surface area contributed by atoms with Crippen LogP contribution in [-0.4, -0.2) is 37.7 Å². The first-order valence-corrected chi connectivity index (χ1v) is 5.13. The van der Waals surface area contributed by atoms with E-state index in [0.29, 0.717) is 5.01 Å². The number of nitrogens with zero attached hydrogens (tertiary/aromatic N) is 1. The zero-order valence-electron chi connectivity index (χ0n) is 6.64.